The molecular formula is C21H26N4O3. The Morgan fingerprint density at radius 2 is 1.54 bits per heavy atom. The molecule has 2 rings (SSSR count). The molecule has 1 atom stereocenters. The summed E-state index contributed by atoms with van der Waals surface area (Å²) in [5.74, 6) is -0.183. The Kier molecular flexibility index (Phi) is 10.4. The Balaban J connectivity index is 0.00000190. The average Bonchev–Trinajstić information content (AvgIpc) is 2.76. The van der Waals surface area contributed by atoms with Crippen molar-refractivity contribution < 1.29 is 14.3 Å². The van der Waals surface area contributed by atoms with Gasteiger partial charge in [-0.1, -0.05) is 60.7 Å². The van der Waals surface area contributed by atoms with Gasteiger partial charge in [0.1, 0.15) is 12.6 Å². The van der Waals surface area contributed by atoms with Crippen molar-refractivity contribution >= 4 is 12.0 Å². The predicted molar refractivity (Wildman–Crippen MR) is 105 cm³/mol. The fraction of sp³-hybridized carbons (Fsp3) is 0.333. The number of nitrogens with zero attached hydrogens (tertiary/aromatic N) is 3. The highest BCUT2D eigenvalue weighted by molar-refractivity contribution is 5.85. The van der Waals surface area contributed by atoms with Gasteiger partial charge in [0.05, 0.1) is 0 Å². The molecule has 0 aliphatic rings. The fourth-order valence-corrected chi connectivity index (χ4v) is 2.45. The van der Waals surface area contributed by atoms with Crippen molar-refractivity contribution in [3.05, 3.63) is 71.8 Å². The minimum atomic E-state index is -0.588. The van der Waals surface area contributed by atoms with Crippen molar-refractivity contribution in [2.24, 2.45) is 0 Å². The smallest absolute Gasteiger partial charge is 0.410 e. The van der Waals surface area contributed by atoms with E-state index in [9.17, 15) is 9.59 Å². The number of carbonyl (C=O) groups excluding carboxylic acids is 2. The Morgan fingerprint density at radius 1 is 1.00 bits per heavy atom. The van der Waals surface area contributed by atoms with Crippen LogP contribution in [0.2, 0.25) is 0 Å². The number of amides is 2. The normalized spacial score (nSPS) is 10.7. The van der Waals surface area contributed by atoms with Crippen LogP contribution < -0.4 is 5.32 Å². The van der Waals surface area contributed by atoms with Crippen LogP contribution in [-0.2, 0) is 22.6 Å². The number of benzene rings is 2. The van der Waals surface area contributed by atoms with Gasteiger partial charge >= 0.3 is 6.09 Å². The molecule has 2 amide bonds. The summed E-state index contributed by atoms with van der Waals surface area (Å²) < 4.78 is 5.25. The van der Waals surface area contributed by atoms with Crippen LogP contribution >= 0.6 is 0 Å². The molecule has 0 radical (unpaired) electrons. The van der Waals surface area contributed by atoms with E-state index in [1.807, 2.05) is 48.5 Å². The van der Waals surface area contributed by atoms with E-state index in [4.69, 9.17) is 15.5 Å². The van der Waals surface area contributed by atoms with E-state index in [1.54, 1.807) is 14.0 Å². The topological polar surface area (TPSA) is 106 Å². The van der Waals surface area contributed by atoms with Gasteiger partial charge in [-0.3, -0.25) is 9.69 Å². The number of likely N-dealkylation sites (N-methyl/N-ethyl adjacent to an activating group) is 1. The summed E-state index contributed by atoms with van der Waals surface area (Å²) in [5, 5.41) is 14.9. The standard InChI is InChI=1S/C21H26N2O3.N2/c1-17(20(24)22-15-9-14-18-10-5-3-6-11-18)23(2)21(25)26-16-19-12-7-4-8-13-19;1-2/h3-8,10-13,17H,9,14-16H2,1-2H3,(H,22,24);/t17-;/m1./s1. The van der Waals surface area contributed by atoms with Gasteiger partial charge in [0.25, 0.3) is 0 Å². The van der Waals surface area contributed by atoms with Gasteiger partial charge in [0, 0.05) is 24.4 Å². The number of carbonyl (C=O) groups is 2. The Labute approximate surface area is 165 Å². The number of rotatable bonds is 8. The van der Waals surface area contributed by atoms with Crippen molar-refractivity contribution in [2.45, 2.75) is 32.4 Å². The molecule has 0 aromatic heterocycles. The second-order valence-corrected chi connectivity index (χ2v) is 6.21. The first-order valence-corrected chi connectivity index (χ1v) is 9.03. The maximum Gasteiger partial charge on any atom is 0.410 e. The zero-order valence-corrected chi connectivity index (χ0v) is 16.2. The van der Waals surface area contributed by atoms with Gasteiger partial charge in [-0.25, -0.2) is 4.79 Å². The maximum absolute atomic E-state index is 12.2. The summed E-state index contributed by atoms with van der Waals surface area (Å²) in [6.45, 7) is 2.46. The molecule has 2 aromatic carbocycles. The van der Waals surface area contributed by atoms with E-state index in [0.717, 1.165) is 18.4 Å². The number of hydrogen-bond acceptors (Lipinski definition) is 5. The molecule has 0 bridgehead atoms. The first kappa shape index (κ1) is 22.6. The first-order chi connectivity index (χ1) is 13.6. The van der Waals surface area contributed by atoms with Gasteiger partial charge in [-0.05, 0) is 30.9 Å². The molecule has 0 aliphatic heterocycles. The highest BCUT2D eigenvalue weighted by atomic mass is 16.6. The molecule has 0 heterocycles. The third-order valence-corrected chi connectivity index (χ3v) is 4.24. The molecule has 1 N–H and O–H groups in total. The van der Waals surface area contributed by atoms with Gasteiger partial charge in [-0.15, -0.1) is 0 Å². The van der Waals surface area contributed by atoms with Crippen molar-refractivity contribution in [3.63, 3.8) is 0 Å². The second-order valence-electron chi connectivity index (χ2n) is 6.21. The second kappa shape index (κ2) is 12.9. The Hall–Kier alpha value is -3.40. The van der Waals surface area contributed by atoms with Crippen molar-refractivity contribution in [1.29, 1.82) is 10.8 Å². The van der Waals surface area contributed by atoms with E-state index in [1.165, 1.54) is 10.5 Å². The van der Waals surface area contributed by atoms with Crippen molar-refractivity contribution in [1.82, 2.24) is 10.2 Å². The third kappa shape index (κ3) is 7.87. The average molecular weight is 382 g/mol. The van der Waals surface area contributed by atoms with Gasteiger partial charge in [-0.2, -0.15) is 0 Å². The summed E-state index contributed by atoms with van der Waals surface area (Å²) in [6, 6.07) is 19.0. The monoisotopic (exact) mass is 382 g/mol. The molecule has 0 saturated heterocycles. The lowest BCUT2D eigenvalue weighted by atomic mass is 10.1. The SMILES string of the molecule is C[C@H](C(=O)NCCCc1ccccc1)N(C)C(=O)OCc1ccccc1.N#N. The van der Waals surface area contributed by atoms with Crippen LogP contribution in [0.3, 0.4) is 0 Å². The lowest BCUT2D eigenvalue weighted by Gasteiger charge is -2.23. The van der Waals surface area contributed by atoms with Gasteiger partial charge in [0.15, 0.2) is 0 Å². The highest BCUT2D eigenvalue weighted by Gasteiger charge is 2.23. The lowest BCUT2D eigenvalue weighted by Crippen LogP contribution is -2.46. The zero-order valence-electron chi connectivity index (χ0n) is 16.2. The molecule has 0 fully saturated rings. The summed E-state index contributed by atoms with van der Waals surface area (Å²) >= 11 is 0. The molecule has 7 nitrogen and oxygen atoms in total. The van der Waals surface area contributed by atoms with E-state index >= 15 is 0 Å². The number of hydrogen-bond donors (Lipinski definition) is 1. The van der Waals surface area contributed by atoms with Crippen LogP contribution in [0.1, 0.15) is 24.5 Å². The molecule has 148 valence electrons. The maximum atomic E-state index is 12.2. The van der Waals surface area contributed by atoms with E-state index in [-0.39, 0.29) is 12.5 Å². The zero-order chi connectivity index (χ0) is 20.8. The molecule has 0 unspecified atom stereocenters. The van der Waals surface area contributed by atoms with Crippen LogP contribution in [0, 0.1) is 10.8 Å². The quantitative estimate of drug-likeness (QED) is 0.556. The van der Waals surface area contributed by atoms with Gasteiger partial charge < -0.3 is 10.1 Å². The lowest BCUT2D eigenvalue weighted by molar-refractivity contribution is -0.125. The van der Waals surface area contributed by atoms with Crippen LogP contribution in [0.25, 0.3) is 0 Å². The molecule has 2 aromatic rings. The minimum Gasteiger partial charge on any atom is -0.445 e. The van der Waals surface area contributed by atoms with E-state index < -0.39 is 12.1 Å². The summed E-state index contributed by atoms with van der Waals surface area (Å²) in [5.41, 5.74) is 2.16. The molecule has 0 aliphatic carbocycles. The van der Waals surface area contributed by atoms with Crippen molar-refractivity contribution in [3.8, 4) is 0 Å². The van der Waals surface area contributed by atoms with E-state index in [2.05, 4.69) is 17.4 Å². The number of aryl methyl sites for hydroxylation is 1. The van der Waals surface area contributed by atoms with Crippen LogP contribution in [-0.4, -0.2) is 36.5 Å². The molecule has 0 spiro atoms. The Bertz CT molecular complexity index is 735. The first-order valence-electron chi connectivity index (χ1n) is 9.03. The van der Waals surface area contributed by atoms with Crippen LogP contribution in [0.4, 0.5) is 4.79 Å². The number of ether oxygens (including phenoxy) is 1. The van der Waals surface area contributed by atoms with Crippen LogP contribution in [0.5, 0.6) is 0 Å². The minimum absolute atomic E-state index is 0.183. The van der Waals surface area contributed by atoms with Gasteiger partial charge in [0.2, 0.25) is 5.91 Å². The highest BCUT2D eigenvalue weighted by Crippen LogP contribution is 2.05. The third-order valence-electron chi connectivity index (χ3n) is 4.24. The fourth-order valence-electron chi connectivity index (χ4n) is 2.45. The van der Waals surface area contributed by atoms with Crippen LogP contribution in [0.15, 0.2) is 60.7 Å². The van der Waals surface area contributed by atoms with E-state index in [0.29, 0.717) is 6.54 Å². The molecule has 0 saturated carbocycles. The summed E-state index contributed by atoms with van der Waals surface area (Å²) in [7, 11) is 1.57. The largest absolute Gasteiger partial charge is 0.445 e. The predicted octanol–water partition coefficient (Wildman–Crippen LogP) is 3.42. The molecule has 28 heavy (non-hydrogen) atoms. The number of nitrogens with one attached hydrogen (secondary N) is 1. The summed E-state index contributed by atoms with van der Waals surface area (Å²) in [6.07, 6.45) is 1.25. The van der Waals surface area contributed by atoms with Crippen molar-refractivity contribution in [2.75, 3.05) is 13.6 Å². The molecular weight excluding hydrogens is 356 g/mol. The molecule has 7 heteroatoms. The summed E-state index contributed by atoms with van der Waals surface area (Å²) in [4.78, 5) is 25.6. The Morgan fingerprint density at radius 3 is 2.11 bits per heavy atom.